The topological polar surface area (TPSA) is 50.3 Å². The molecule has 1 heterocycles. The van der Waals surface area contributed by atoms with Crippen molar-refractivity contribution in [1.29, 1.82) is 0 Å². The zero-order chi connectivity index (χ0) is 10.6. The Morgan fingerprint density at radius 2 is 2.21 bits per heavy atom. The first-order valence-corrected chi connectivity index (χ1v) is 4.07. The lowest BCUT2D eigenvalue weighted by Gasteiger charge is -2.14. The Labute approximate surface area is 81.9 Å². The molecule has 0 atom stereocenters. The molecule has 4 nitrogen and oxygen atoms in total. The molecule has 1 rings (SSSR count). The largest absolute Gasteiger partial charge is 0.295 e. The molecule has 0 aliphatic heterocycles. The van der Waals surface area contributed by atoms with Gasteiger partial charge in [0.15, 0.2) is 0 Å². The third kappa shape index (κ3) is 2.06. The maximum atomic E-state index is 11.5. The molecule has 0 aliphatic rings. The van der Waals surface area contributed by atoms with Crippen LogP contribution in [0.1, 0.15) is 6.92 Å². The van der Waals surface area contributed by atoms with Crippen LogP contribution in [0.2, 0.25) is 0 Å². The smallest absolute Gasteiger partial charge is 0.265 e. The Morgan fingerprint density at radius 3 is 2.71 bits per heavy atom. The van der Waals surface area contributed by atoms with Gasteiger partial charge in [-0.1, -0.05) is 6.07 Å². The van der Waals surface area contributed by atoms with Crippen LogP contribution >= 0.6 is 0 Å². The monoisotopic (exact) mass is 190 g/mol. The number of hydrogen-bond acceptors (Lipinski definition) is 3. The van der Waals surface area contributed by atoms with Gasteiger partial charge >= 0.3 is 0 Å². The van der Waals surface area contributed by atoms with Crippen molar-refractivity contribution in [2.24, 2.45) is 0 Å². The molecule has 72 valence electrons. The van der Waals surface area contributed by atoms with Crippen LogP contribution < -0.4 is 4.90 Å². The predicted octanol–water partition coefficient (Wildman–Crippen LogP) is 0.822. The van der Waals surface area contributed by atoms with Crippen molar-refractivity contribution in [3.8, 4) is 0 Å². The molecule has 0 aliphatic carbocycles. The number of amides is 1. The van der Waals surface area contributed by atoms with E-state index in [-0.39, 0.29) is 5.57 Å². The number of pyridine rings is 1. The molecule has 0 bridgehead atoms. The highest BCUT2D eigenvalue weighted by Crippen LogP contribution is 2.08. The summed E-state index contributed by atoms with van der Waals surface area (Å²) in [7, 11) is 1.56. The molecule has 0 saturated carbocycles. The van der Waals surface area contributed by atoms with Crippen LogP contribution in [-0.2, 0) is 9.59 Å². The molecule has 0 fully saturated rings. The summed E-state index contributed by atoms with van der Waals surface area (Å²) < 4.78 is 0. The summed E-state index contributed by atoms with van der Waals surface area (Å²) in [6.07, 6.45) is 1.58. The molecule has 0 N–H and O–H groups in total. The highest BCUT2D eigenvalue weighted by Gasteiger charge is 2.13. The van der Waals surface area contributed by atoms with E-state index in [0.717, 1.165) is 0 Å². The molecule has 4 heteroatoms. The number of anilines is 1. The van der Waals surface area contributed by atoms with Crippen LogP contribution in [0.15, 0.2) is 30.0 Å². The number of hydrogen-bond donors (Lipinski definition) is 0. The SMILES string of the molecule is CC(=C=O)C(=O)N(C)c1ccccn1. The van der Waals surface area contributed by atoms with E-state index < -0.39 is 5.91 Å². The Morgan fingerprint density at radius 1 is 1.50 bits per heavy atom. The van der Waals surface area contributed by atoms with Gasteiger partial charge < -0.3 is 0 Å². The number of carbonyl (C=O) groups is 1. The minimum atomic E-state index is -0.390. The van der Waals surface area contributed by atoms with Crippen molar-refractivity contribution in [1.82, 2.24) is 4.98 Å². The maximum Gasteiger partial charge on any atom is 0.265 e. The third-order valence-electron chi connectivity index (χ3n) is 1.77. The normalized spacial score (nSPS) is 9.00. The molecule has 0 unspecified atom stereocenters. The fourth-order valence-corrected chi connectivity index (χ4v) is 0.951. The van der Waals surface area contributed by atoms with Crippen LogP contribution in [0.3, 0.4) is 0 Å². The van der Waals surface area contributed by atoms with E-state index in [9.17, 15) is 9.59 Å². The van der Waals surface area contributed by atoms with Gasteiger partial charge in [0.1, 0.15) is 11.8 Å². The number of aromatic nitrogens is 1. The Bertz CT molecular complexity index is 380. The quantitative estimate of drug-likeness (QED) is 0.512. The highest BCUT2D eigenvalue weighted by atomic mass is 16.2. The van der Waals surface area contributed by atoms with Gasteiger partial charge in [-0.05, 0) is 19.1 Å². The number of carbonyl (C=O) groups excluding carboxylic acids is 2. The lowest BCUT2D eigenvalue weighted by molar-refractivity contribution is -0.114. The van der Waals surface area contributed by atoms with Gasteiger partial charge in [-0.2, -0.15) is 0 Å². The van der Waals surface area contributed by atoms with Crippen LogP contribution in [0.4, 0.5) is 5.82 Å². The first-order valence-electron chi connectivity index (χ1n) is 4.07. The van der Waals surface area contributed by atoms with Gasteiger partial charge in [0.05, 0.1) is 5.57 Å². The second kappa shape index (κ2) is 4.35. The molecule has 0 saturated heterocycles. The third-order valence-corrected chi connectivity index (χ3v) is 1.77. The van der Waals surface area contributed by atoms with Crippen molar-refractivity contribution in [3.63, 3.8) is 0 Å². The van der Waals surface area contributed by atoms with E-state index in [1.807, 2.05) is 0 Å². The summed E-state index contributed by atoms with van der Waals surface area (Å²) in [4.78, 5) is 27.0. The predicted molar refractivity (Wildman–Crippen MR) is 52.5 cm³/mol. The Balaban J connectivity index is 2.92. The standard InChI is InChI=1S/C10H10N2O2/c1-8(7-13)10(14)12(2)9-5-3-4-6-11-9/h3-6H,1-2H3. The van der Waals surface area contributed by atoms with Gasteiger partial charge in [-0.3, -0.25) is 9.69 Å². The van der Waals surface area contributed by atoms with Crippen molar-refractivity contribution in [2.75, 3.05) is 11.9 Å². The Hall–Kier alpha value is -1.93. The summed E-state index contributed by atoms with van der Waals surface area (Å²) in [5, 5.41) is 0. The molecule has 14 heavy (non-hydrogen) atoms. The molecule has 0 spiro atoms. The zero-order valence-electron chi connectivity index (χ0n) is 8.02. The van der Waals surface area contributed by atoms with Gasteiger partial charge in [0.2, 0.25) is 0 Å². The minimum absolute atomic E-state index is 0.0400. The van der Waals surface area contributed by atoms with Crippen molar-refractivity contribution in [3.05, 3.63) is 30.0 Å². The maximum absolute atomic E-state index is 11.5. The molecular formula is C10H10N2O2. The average molecular weight is 190 g/mol. The van der Waals surface area contributed by atoms with Gasteiger partial charge in [-0.15, -0.1) is 0 Å². The van der Waals surface area contributed by atoms with E-state index in [0.29, 0.717) is 5.82 Å². The van der Waals surface area contributed by atoms with Crippen LogP contribution in [0.25, 0.3) is 0 Å². The summed E-state index contributed by atoms with van der Waals surface area (Å²) in [5.74, 6) is 1.68. The van der Waals surface area contributed by atoms with Crippen LogP contribution in [0.5, 0.6) is 0 Å². The van der Waals surface area contributed by atoms with Gasteiger partial charge in [-0.25, -0.2) is 9.78 Å². The van der Waals surface area contributed by atoms with E-state index in [2.05, 4.69) is 4.98 Å². The van der Waals surface area contributed by atoms with Gasteiger partial charge in [0.25, 0.3) is 5.91 Å². The molecule has 1 aromatic rings. The molecule has 1 amide bonds. The summed E-state index contributed by atoms with van der Waals surface area (Å²) >= 11 is 0. The van der Waals surface area contributed by atoms with Gasteiger partial charge in [0, 0.05) is 13.2 Å². The van der Waals surface area contributed by atoms with E-state index >= 15 is 0 Å². The summed E-state index contributed by atoms with van der Waals surface area (Å²) in [6.45, 7) is 1.43. The minimum Gasteiger partial charge on any atom is -0.295 e. The molecule has 1 aromatic heterocycles. The Kier molecular flexibility index (Phi) is 3.15. The fraction of sp³-hybridized carbons (Fsp3) is 0.200. The van der Waals surface area contributed by atoms with E-state index in [4.69, 9.17) is 0 Å². The van der Waals surface area contributed by atoms with Crippen molar-refractivity contribution < 1.29 is 9.59 Å². The molecule has 0 aromatic carbocycles. The number of nitrogens with zero attached hydrogens (tertiary/aromatic N) is 2. The van der Waals surface area contributed by atoms with E-state index in [1.54, 1.807) is 37.4 Å². The fourth-order valence-electron chi connectivity index (χ4n) is 0.951. The van der Waals surface area contributed by atoms with Crippen LogP contribution in [-0.4, -0.2) is 23.9 Å². The molecule has 0 radical (unpaired) electrons. The molecular weight excluding hydrogens is 180 g/mol. The first-order chi connectivity index (χ1) is 6.66. The number of rotatable bonds is 2. The van der Waals surface area contributed by atoms with E-state index in [1.165, 1.54) is 11.8 Å². The lowest BCUT2D eigenvalue weighted by atomic mass is 10.3. The summed E-state index contributed by atoms with van der Waals surface area (Å²) in [5.41, 5.74) is 0.0400. The second-order valence-electron chi connectivity index (χ2n) is 2.78. The first kappa shape index (κ1) is 10.2. The zero-order valence-corrected chi connectivity index (χ0v) is 8.02. The number of likely N-dealkylation sites (N-methyl/N-ethyl adjacent to an activating group) is 1. The van der Waals surface area contributed by atoms with Crippen molar-refractivity contribution in [2.45, 2.75) is 6.92 Å². The van der Waals surface area contributed by atoms with Crippen LogP contribution in [0, 0.1) is 0 Å². The highest BCUT2D eigenvalue weighted by molar-refractivity contribution is 6.09. The lowest BCUT2D eigenvalue weighted by Crippen LogP contribution is -2.27. The second-order valence-corrected chi connectivity index (χ2v) is 2.78. The average Bonchev–Trinajstić information content (AvgIpc) is 2.27. The summed E-state index contributed by atoms with van der Waals surface area (Å²) in [6, 6.07) is 5.21. The van der Waals surface area contributed by atoms with Crippen molar-refractivity contribution >= 4 is 17.7 Å².